The molecule has 0 saturated carbocycles. The molecular weight excluding hydrogens is 370 g/mol. The topological polar surface area (TPSA) is 84.8 Å². The molecule has 0 aliphatic rings. The van der Waals surface area contributed by atoms with Gasteiger partial charge in [0.2, 0.25) is 0 Å². The van der Waals surface area contributed by atoms with Gasteiger partial charge >= 0.3 is 0 Å². The van der Waals surface area contributed by atoms with Crippen LogP contribution in [0.5, 0.6) is 11.5 Å². The van der Waals surface area contributed by atoms with Crippen LogP contribution in [-0.2, 0) is 20.0 Å². The zero-order valence-electron chi connectivity index (χ0n) is 16.9. The highest BCUT2D eigenvalue weighted by molar-refractivity contribution is 5.55. The number of aromatic nitrogens is 7. The van der Waals surface area contributed by atoms with Crippen molar-refractivity contribution in [2.75, 3.05) is 14.2 Å². The van der Waals surface area contributed by atoms with Crippen LogP contribution in [0.15, 0.2) is 42.9 Å². The number of rotatable bonds is 7. The number of ether oxygens (including phenoxy) is 2. The summed E-state index contributed by atoms with van der Waals surface area (Å²) >= 11 is 0. The maximum Gasteiger partial charge on any atom is 0.168 e. The first-order chi connectivity index (χ1) is 14.1. The summed E-state index contributed by atoms with van der Waals surface area (Å²) in [5.74, 6) is 3.62. The minimum atomic E-state index is 0.556. The summed E-state index contributed by atoms with van der Waals surface area (Å²) in [6.07, 6.45) is 6.07. The summed E-state index contributed by atoms with van der Waals surface area (Å²) in [7, 11) is 5.13. The quantitative estimate of drug-likeness (QED) is 0.480. The molecule has 0 spiro atoms. The van der Waals surface area contributed by atoms with Crippen molar-refractivity contribution in [3.63, 3.8) is 0 Å². The lowest BCUT2D eigenvalue weighted by Gasteiger charge is -2.08. The molecule has 0 atom stereocenters. The molecule has 4 rings (SSSR count). The Labute approximate surface area is 168 Å². The van der Waals surface area contributed by atoms with Crippen molar-refractivity contribution in [3.8, 4) is 28.7 Å². The summed E-state index contributed by atoms with van der Waals surface area (Å²) in [5.41, 5.74) is 1.93. The molecule has 0 fully saturated rings. The maximum atomic E-state index is 5.41. The molecule has 1 aromatic carbocycles. The van der Waals surface area contributed by atoms with Crippen LogP contribution < -0.4 is 9.47 Å². The number of methoxy groups -OCH3 is 2. The van der Waals surface area contributed by atoms with Gasteiger partial charge in [-0.25, -0.2) is 4.98 Å². The first-order valence-electron chi connectivity index (χ1n) is 9.31. The van der Waals surface area contributed by atoms with Crippen molar-refractivity contribution in [1.29, 1.82) is 0 Å². The van der Waals surface area contributed by atoms with E-state index in [1.807, 2.05) is 49.1 Å². The highest BCUT2D eigenvalue weighted by Gasteiger charge is 2.18. The van der Waals surface area contributed by atoms with Gasteiger partial charge in [0.05, 0.1) is 32.2 Å². The van der Waals surface area contributed by atoms with E-state index in [9.17, 15) is 0 Å². The third kappa shape index (κ3) is 3.58. The van der Waals surface area contributed by atoms with Crippen molar-refractivity contribution < 1.29 is 9.47 Å². The van der Waals surface area contributed by atoms with Crippen LogP contribution in [0.2, 0.25) is 0 Å². The van der Waals surface area contributed by atoms with Gasteiger partial charge in [-0.3, -0.25) is 9.36 Å². The molecule has 0 radical (unpaired) electrons. The normalized spacial score (nSPS) is 11.0. The van der Waals surface area contributed by atoms with E-state index in [1.54, 1.807) is 36.0 Å². The second-order valence-corrected chi connectivity index (χ2v) is 6.53. The lowest BCUT2D eigenvalue weighted by Crippen LogP contribution is -2.06. The molecule has 150 valence electrons. The Morgan fingerprint density at radius 3 is 2.52 bits per heavy atom. The van der Waals surface area contributed by atoms with Crippen molar-refractivity contribution in [2.45, 2.75) is 19.9 Å². The Morgan fingerprint density at radius 1 is 1.03 bits per heavy atom. The summed E-state index contributed by atoms with van der Waals surface area (Å²) in [6, 6.07) is 7.72. The molecular formula is C20H23N7O2. The van der Waals surface area contributed by atoms with Gasteiger partial charge in [-0.05, 0) is 24.6 Å². The molecule has 0 saturated heterocycles. The van der Waals surface area contributed by atoms with Crippen LogP contribution in [0.3, 0.4) is 0 Å². The second kappa shape index (κ2) is 7.78. The van der Waals surface area contributed by atoms with Gasteiger partial charge in [-0.15, -0.1) is 5.10 Å². The Bertz CT molecular complexity index is 1130. The molecule has 29 heavy (non-hydrogen) atoms. The molecule has 0 aliphatic heterocycles. The molecule has 9 nitrogen and oxygen atoms in total. The van der Waals surface area contributed by atoms with E-state index in [-0.39, 0.29) is 0 Å². The Balaban J connectivity index is 1.74. The van der Waals surface area contributed by atoms with Crippen LogP contribution in [-0.4, -0.2) is 48.5 Å². The third-order valence-electron chi connectivity index (χ3n) is 4.69. The van der Waals surface area contributed by atoms with Crippen molar-refractivity contribution >= 4 is 0 Å². The summed E-state index contributed by atoms with van der Waals surface area (Å²) in [4.78, 5) is 4.80. The molecule has 3 aromatic heterocycles. The Morgan fingerprint density at radius 2 is 1.86 bits per heavy atom. The summed E-state index contributed by atoms with van der Waals surface area (Å²) in [5, 5.41) is 13.4. The fourth-order valence-corrected chi connectivity index (χ4v) is 3.18. The summed E-state index contributed by atoms with van der Waals surface area (Å²) in [6.45, 7) is 2.84. The molecule has 0 amide bonds. The minimum absolute atomic E-state index is 0.556. The van der Waals surface area contributed by atoms with Crippen molar-refractivity contribution in [1.82, 2.24) is 34.3 Å². The van der Waals surface area contributed by atoms with Crippen molar-refractivity contribution in [2.24, 2.45) is 7.05 Å². The Hall–Kier alpha value is -3.62. The largest absolute Gasteiger partial charge is 0.493 e. The Kier molecular flexibility index (Phi) is 5.03. The number of hydrogen-bond donors (Lipinski definition) is 0. The molecule has 0 bridgehead atoms. The van der Waals surface area contributed by atoms with Crippen LogP contribution in [0, 0.1) is 0 Å². The van der Waals surface area contributed by atoms with E-state index in [4.69, 9.17) is 19.6 Å². The van der Waals surface area contributed by atoms with E-state index in [0.717, 1.165) is 29.3 Å². The highest BCUT2D eigenvalue weighted by Crippen LogP contribution is 2.29. The van der Waals surface area contributed by atoms with Crippen LogP contribution >= 0.6 is 0 Å². The van der Waals surface area contributed by atoms with Gasteiger partial charge in [0.15, 0.2) is 29.0 Å². The molecule has 0 aliphatic carbocycles. The van der Waals surface area contributed by atoms with E-state index in [0.29, 0.717) is 23.7 Å². The zero-order valence-corrected chi connectivity index (χ0v) is 16.9. The van der Waals surface area contributed by atoms with Gasteiger partial charge in [-0.1, -0.05) is 6.07 Å². The average Bonchev–Trinajstić information content (AvgIpc) is 3.46. The minimum Gasteiger partial charge on any atom is -0.493 e. The van der Waals surface area contributed by atoms with Crippen LogP contribution in [0.4, 0.5) is 0 Å². The van der Waals surface area contributed by atoms with Gasteiger partial charge in [0.1, 0.15) is 0 Å². The van der Waals surface area contributed by atoms with Crippen LogP contribution in [0.1, 0.15) is 18.3 Å². The smallest absolute Gasteiger partial charge is 0.168 e. The first-order valence-corrected chi connectivity index (χ1v) is 9.31. The predicted molar refractivity (Wildman–Crippen MR) is 107 cm³/mol. The molecule has 3 heterocycles. The van der Waals surface area contributed by atoms with E-state index in [1.165, 1.54) is 0 Å². The SMILES string of the molecule is CCn1cc(-c2nc(Cc3ccc(OC)c(OC)c3)nn2-c2ccnn2C)cn1. The molecule has 4 aromatic rings. The monoisotopic (exact) mass is 393 g/mol. The standard InChI is InChI=1S/C20H23N7O2/c1-5-26-13-15(12-22-26)20-23-18(24-27(20)19-8-9-21-25(19)2)11-14-6-7-16(28-3)17(10-14)29-4/h6-10,12-13H,5,11H2,1-4H3. The fraction of sp³-hybridized carbons (Fsp3) is 0.300. The van der Waals surface area contributed by atoms with E-state index in [2.05, 4.69) is 10.2 Å². The van der Waals surface area contributed by atoms with Crippen molar-refractivity contribution in [3.05, 3.63) is 54.2 Å². The molecule has 0 N–H and O–H groups in total. The third-order valence-corrected chi connectivity index (χ3v) is 4.69. The van der Waals surface area contributed by atoms with E-state index >= 15 is 0 Å². The fourth-order valence-electron chi connectivity index (χ4n) is 3.18. The second-order valence-electron chi connectivity index (χ2n) is 6.53. The lowest BCUT2D eigenvalue weighted by molar-refractivity contribution is 0.354. The first kappa shape index (κ1) is 18.7. The number of benzene rings is 1. The van der Waals surface area contributed by atoms with Crippen LogP contribution in [0.25, 0.3) is 17.2 Å². The number of aryl methyl sites for hydroxylation is 2. The zero-order chi connectivity index (χ0) is 20.4. The lowest BCUT2D eigenvalue weighted by atomic mass is 10.1. The maximum absolute atomic E-state index is 5.41. The van der Waals surface area contributed by atoms with Gasteiger partial charge in [0.25, 0.3) is 0 Å². The number of hydrogen-bond acceptors (Lipinski definition) is 6. The van der Waals surface area contributed by atoms with E-state index < -0.39 is 0 Å². The molecule has 0 unspecified atom stereocenters. The van der Waals surface area contributed by atoms with Gasteiger partial charge in [0, 0.05) is 32.3 Å². The average molecular weight is 393 g/mol. The highest BCUT2D eigenvalue weighted by atomic mass is 16.5. The number of nitrogens with zero attached hydrogens (tertiary/aromatic N) is 7. The summed E-state index contributed by atoms with van der Waals surface area (Å²) < 4.78 is 16.2. The van der Waals surface area contributed by atoms with Gasteiger partial charge in [-0.2, -0.15) is 14.9 Å². The predicted octanol–water partition coefficient (Wildman–Crippen LogP) is 2.49. The van der Waals surface area contributed by atoms with Gasteiger partial charge < -0.3 is 9.47 Å². The molecule has 9 heteroatoms.